The van der Waals surface area contributed by atoms with E-state index < -0.39 is 10.0 Å². The van der Waals surface area contributed by atoms with Crippen LogP contribution in [0.1, 0.15) is 12.8 Å². The van der Waals surface area contributed by atoms with Crippen molar-refractivity contribution in [1.82, 2.24) is 0 Å². The lowest BCUT2D eigenvalue weighted by atomic mass is 10.2. The molecule has 17 heavy (non-hydrogen) atoms. The summed E-state index contributed by atoms with van der Waals surface area (Å²) in [5.41, 5.74) is 0.700. The van der Waals surface area contributed by atoms with Crippen molar-refractivity contribution in [3.63, 3.8) is 0 Å². The number of hydrogen-bond acceptors (Lipinski definition) is 3. The minimum Gasteiger partial charge on any atom is -0.376 e. The normalized spacial score (nSPS) is 20.4. The van der Waals surface area contributed by atoms with Crippen LogP contribution in [0.4, 0.5) is 5.69 Å². The zero-order valence-electron chi connectivity index (χ0n) is 9.87. The Bertz CT molecular complexity index is 452. The Morgan fingerprint density at radius 2 is 2.06 bits per heavy atom. The zero-order chi connectivity index (χ0) is 12.3. The Morgan fingerprint density at radius 3 is 2.59 bits per heavy atom. The maximum absolute atomic E-state index is 11.8. The van der Waals surface area contributed by atoms with Gasteiger partial charge >= 0.3 is 0 Å². The van der Waals surface area contributed by atoms with Crippen LogP contribution in [0.2, 0.25) is 0 Å². The molecule has 1 fully saturated rings. The molecular formula is C12H17NO3S. The van der Waals surface area contributed by atoms with Crippen LogP contribution in [-0.2, 0) is 14.8 Å². The van der Waals surface area contributed by atoms with Gasteiger partial charge in [0, 0.05) is 6.61 Å². The van der Waals surface area contributed by atoms with Crippen LogP contribution in [-0.4, -0.2) is 33.9 Å². The molecule has 0 amide bonds. The van der Waals surface area contributed by atoms with Gasteiger partial charge in [0.05, 0.1) is 24.6 Å². The van der Waals surface area contributed by atoms with Crippen molar-refractivity contribution >= 4 is 15.7 Å². The Hall–Kier alpha value is -1.07. The number of nitrogens with zero attached hydrogens (tertiary/aromatic N) is 1. The second-order valence-electron chi connectivity index (χ2n) is 4.26. The number of para-hydroxylation sites is 1. The summed E-state index contributed by atoms with van der Waals surface area (Å²) < 4.78 is 30.5. The van der Waals surface area contributed by atoms with Gasteiger partial charge < -0.3 is 4.74 Å². The van der Waals surface area contributed by atoms with Crippen molar-refractivity contribution in [1.29, 1.82) is 0 Å². The number of hydrogen-bond donors (Lipinski definition) is 0. The summed E-state index contributed by atoms with van der Waals surface area (Å²) >= 11 is 0. The van der Waals surface area contributed by atoms with Crippen molar-refractivity contribution in [3.05, 3.63) is 30.3 Å². The van der Waals surface area contributed by atoms with E-state index in [0.29, 0.717) is 12.2 Å². The molecule has 1 aromatic carbocycles. The summed E-state index contributed by atoms with van der Waals surface area (Å²) in [5.74, 6) is 0. The van der Waals surface area contributed by atoms with Gasteiger partial charge in [-0.2, -0.15) is 0 Å². The van der Waals surface area contributed by atoms with Gasteiger partial charge in [-0.3, -0.25) is 4.31 Å². The van der Waals surface area contributed by atoms with Gasteiger partial charge in [-0.1, -0.05) is 18.2 Å². The maximum atomic E-state index is 11.8. The second kappa shape index (κ2) is 5.06. The van der Waals surface area contributed by atoms with Crippen LogP contribution >= 0.6 is 0 Å². The van der Waals surface area contributed by atoms with Gasteiger partial charge in [-0.05, 0) is 25.0 Å². The average Bonchev–Trinajstić information content (AvgIpc) is 2.78. The molecule has 4 nitrogen and oxygen atoms in total. The van der Waals surface area contributed by atoms with E-state index >= 15 is 0 Å². The minimum absolute atomic E-state index is 0.0185. The molecule has 2 rings (SSSR count). The smallest absolute Gasteiger partial charge is 0.232 e. The highest BCUT2D eigenvalue weighted by Gasteiger charge is 2.24. The van der Waals surface area contributed by atoms with Crippen molar-refractivity contribution in [2.45, 2.75) is 18.9 Å². The largest absolute Gasteiger partial charge is 0.376 e. The van der Waals surface area contributed by atoms with E-state index in [0.717, 1.165) is 19.4 Å². The molecule has 0 saturated carbocycles. The molecule has 0 radical (unpaired) electrons. The predicted octanol–water partition coefficient (Wildman–Crippen LogP) is 1.63. The number of benzene rings is 1. The van der Waals surface area contributed by atoms with E-state index in [9.17, 15) is 8.42 Å². The van der Waals surface area contributed by atoms with Gasteiger partial charge in [0.15, 0.2) is 0 Å². The Labute approximate surface area is 102 Å². The number of rotatable bonds is 4. The van der Waals surface area contributed by atoms with Crippen LogP contribution in [0, 0.1) is 0 Å². The predicted molar refractivity (Wildman–Crippen MR) is 67.6 cm³/mol. The fourth-order valence-corrected chi connectivity index (χ4v) is 2.94. The summed E-state index contributed by atoms with van der Waals surface area (Å²) in [6.07, 6.45) is 3.19. The van der Waals surface area contributed by atoms with Gasteiger partial charge in [-0.25, -0.2) is 8.42 Å². The third-order valence-electron chi connectivity index (χ3n) is 2.84. The highest BCUT2D eigenvalue weighted by atomic mass is 32.2. The number of anilines is 1. The van der Waals surface area contributed by atoms with Crippen LogP contribution in [0.5, 0.6) is 0 Å². The van der Waals surface area contributed by atoms with E-state index in [4.69, 9.17) is 4.74 Å². The molecule has 1 aliphatic rings. The minimum atomic E-state index is -3.25. The molecule has 1 saturated heterocycles. The first-order valence-corrected chi connectivity index (χ1v) is 7.56. The molecule has 1 atom stereocenters. The summed E-state index contributed by atoms with van der Waals surface area (Å²) in [6, 6.07) is 9.15. The van der Waals surface area contributed by atoms with Crippen LogP contribution in [0.25, 0.3) is 0 Å². The first kappa shape index (κ1) is 12.4. The SMILES string of the molecule is CS(=O)(=O)N(CC1CCCO1)c1ccccc1. The van der Waals surface area contributed by atoms with E-state index in [1.807, 2.05) is 18.2 Å². The van der Waals surface area contributed by atoms with Crippen LogP contribution in [0.3, 0.4) is 0 Å². The topological polar surface area (TPSA) is 46.6 Å². The second-order valence-corrected chi connectivity index (χ2v) is 6.17. The van der Waals surface area contributed by atoms with E-state index in [1.54, 1.807) is 12.1 Å². The fraction of sp³-hybridized carbons (Fsp3) is 0.500. The van der Waals surface area contributed by atoms with Gasteiger partial charge in [0.2, 0.25) is 10.0 Å². The molecule has 94 valence electrons. The van der Waals surface area contributed by atoms with Crippen LogP contribution in [0.15, 0.2) is 30.3 Å². The monoisotopic (exact) mass is 255 g/mol. The molecule has 0 bridgehead atoms. The molecular weight excluding hydrogens is 238 g/mol. The van der Waals surface area contributed by atoms with Crippen molar-refractivity contribution in [3.8, 4) is 0 Å². The Balaban J connectivity index is 2.20. The maximum Gasteiger partial charge on any atom is 0.232 e. The fourth-order valence-electron chi connectivity index (χ4n) is 2.00. The molecule has 1 aromatic rings. The molecule has 0 N–H and O–H groups in total. The quantitative estimate of drug-likeness (QED) is 0.821. The van der Waals surface area contributed by atoms with E-state index in [-0.39, 0.29) is 6.10 Å². The van der Waals surface area contributed by atoms with Gasteiger partial charge in [0.1, 0.15) is 0 Å². The first-order valence-electron chi connectivity index (χ1n) is 5.72. The number of ether oxygens (including phenoxy) is 1. The lowest BCUT2D eigenvalue weighted by molar-refractivity contribution is 0.118. The van der Waals surface area contributed by atoms with Crippen molar-refractivity contribution in [2.75, 3.05) is 23.7 Å². The summed E-state index contributed by atoms with van der Waals surface area (Å²) in [7, 11) is -3.25. The third kappa shape index (κ3) is 3.20. The molecule has 5 heteroatoms. The standard InChI is InChI=1S/C12H17NO3S/c1-17(14,15)13(10-12-8-5-9-16-12)11-6-3-2-4-7-11/h2-4,6-7,12H,5,8-10H2,1H3. The van der Waals surface area contributed by atoms with Crippen LogP contribution < -0.4 is 4.31 Å². The number of sulfonamides is 1. The molecule has 0 spiro atoms. The van der Waals surface area contributed by atoms with E-state index in [2.05, 4.69) is 0 Å². The lowest BCUT2D eigenvalue weighted by Gasteiger charge is -2.25. The molecule has 0 aliphatic carbocycles. The van der Waals surface area contributed by atoms with E-state index in [1.165, 1.54) is 10.6 Å². The van der Waals surface area contributed by atoms with Crippen molar-refractivity contribution < 1.29 is 13.2 Å². The Kier molecular flexibility index (Phi) is 3.69. The zero-order valence-corrected chi connectivity index (χ0v) is 10.7. The molecule has 1 heterocycles. The van der Waals surface area contributed by atoms with Gasteiger partial charge in [-0.15, -0.1) is 0 Å². The molecule has 1 aliphatic heterocycles. The Morgan fingerprint density at radius 1 is 1.35 bits per heavy atom. The summed E-state index contributed by atoms with van der Waals surface area (Å²) in [5, 5.41) is 0. The lowest BCUT2D eigenvalue weighted by Crippen LogP contribution is -2.36. The molecule has 0 aromatic heterocycles. The molecule has 1 unspecified atom stereocenters. The van der Waals surface area contributed by atoms with Crippen molar-refractivity contribution in [2.24, 2.45) is 0 Å². The van der Waals surface area contributed by atoms with Gasteiger partial charge in [0.25, 0.3) is 0 Å². The highest BCUT2D eigenvalue weighted by molar-refractivity contribution is 7.92. The highest BCUT2D eigenvalue weighted by Crippen LogP contribution is 2.21. The summed E-state index contributed by atoms with van der Waals surface area (Å²) in [6.45, 7) is 1.14. The summed E-state index contributed by atoms with van der Waals surface area (Å²) in [4.78, 5) is 0. The first-order chi connectivity index (χ1) is 8.07. The third-order valence-corrected chi connectivity index (χ3v) is 4.00. The average molecular weight is 255 g/mol.